The highest BCUT2D eigenvalue weighted by atomic mass is 16.2. The Morgan fingerprint density at radius 2 is 2.08 bits per heavy atom. The van der Waals surface area contributed by atoms with Gasteiger partial charge in [-0.15, -0.1) is 0 Å². The van der Waals surface area contributed by atoms with Crippen LogP contribution in [-0.2, 0) is 6.42 Å². The number of amides is 1. The van der Waals surface area contributed by atoms with Gasteiger partial charge in [-0.2, -0.15) is 0 Å². The van der Waals surface area contributed by atoms with E-state index in [9.17, 15) is 9.59 Å². The molecule has 1 atom stereocenters. The minimum absolute atomic E-state index is 0.0946. The summed E-state index contributed by atoms with van der Waals surface area (Å²) in [5.74, 6) is 0.516. The molecule has 0 bridgehead atoms. The molecule has 136 valence electrons. The van der Waals surface area contributed by atoms with Crippen molar-refractivity contribution in [2.45, 2.75) is 32.6 Å². The van der Waals surface area contributed by atoms with Gasteiger partial charge in [0.1, 0.15) is 5.69 Å². The number of rotatable bonds is 4. The molecule has 1 aliphatic heterocycles. The fraction of sp³-hybridized carbons (Fsp3) is 0.429. The number of nitrogens with zero attached hydrogens (tertiary/aromatic N) is 1. The Labute approximate surface area is 153 Å². The van der Waals surface area contributed by atoms with Gasteiger partial charge in [0.2, 0.25) is 0 Å². The number of aryl methyl sites for hydroxylation is 1. The molecule has 0 spiro atoms. The molecule has 1 aliphatic carbocycles. The van der Waals surface area contributed by atoms with E-state index in [4.69, 9.17) is 0 Å². The number of hydrogen-bond acceptors (Lipinski definition) is 3. The molecule has 5 heteroatoms. The normalized spacial score (nSPS) is 19.5. The Morgan fingerprint density at radius 3 is 2.85 bits per heavy atom. The third kappa shape index (κ3) is 3.14. The smallest absolute Gasteiger partial charge is 0.268 e. The number of aromatic amines is 1. The van der Waals surface area contributed by atoms with Crippen LogP contribution < -0.4 is 10.2 Å². The Kier molecular flexibility index (Phi) is 4.53. The van der Waals surface area contributed by atoms with E-state index in [1.54, 1.807) is 0 Å². The van der Waals surface area contributed by atoms with Crippen molar-refractivity contribution in [3.05, 3.63) is 52.8 Å². The summed E-state index contributed by atoms with van der Waals surface area (Å²) in [6.07, 6.45) is 3.38. The van der Waals surface area contributed by atoms with E-state index in [-0.39, 0.29) is 11.7 Å². The highest BCUT2D eigenvalue weighted by molar-refractivity contribution is 6.04. The zero-order valence-electron chi connectivity index (χ0n) is 15.2. The highest BCUT2D eigenvalue weighted by Crippen LogP contribution is 2.27. The summed E-state index contributed by atoms with van der Waals surface area (Å²) in [6, 6.07) is 10.4. The molecular weight excluding hydrogens is 326 g/mol. The lowest BCUT2D eigenvalue weighted by atomic mass is 9.94. The summed E-state index contributed by atoms with van der Waals surface area (Å²) in [6.45, 7) is 4.53. The van der Waals surface area contributed by atoms with E-state index in [1.807, 2.05) is 13.0 Å². The lowest BCUT2D eigenvalue weighted by Crippen LogP contribution is -2.31. The highest BCUT2D eigenvalue weighted by Gasteiger charge is 2.27. The van der Waals surface area contributed by atoms with Crippen molar-refractivity contribution < 1.29 is 9.59 Å². The van der Waals surface area contributed by atoms with Crippen molar-refractivity contribution in [1.29, 1.82) is 0 Å². The van der Waals surface area contributed by atoms with Crippen LogP contribution >= 0.6 is 0 Å². The lowest BCUT2D eigenvalue weighted by molar-refractivity contribution is 0.0942. The molecule has 1 aromatic heterocycles. The van der Waals surface area contributed by atoms with Crippen LogP contribution in [0.25, 0.3) is 0 Å². The van der Waals surface area contributed by atoms with Crippen molar-refractivity contribution in [1.82, 2.24) is 10.3 Å². The molecule has 0 unspecified atom stereocenters. The molecule has 0 saturated carbocycles. The first kappa shape index (κ1) is 16.9. The molecule has 1 saturated heterocycles. The molecule has 2 aromatic rings. The maximum absolute atomic E-state index is 12.6. The van der Waals surface area contributed by atoms with E-state index in [0.29, 0.717) is 24.6 Å². The van der Waals surface area contributed by atoms with Gasteiger partial charge in [0.15, 0.2) is 5.78 Å². The average Bonchev–Trinajstić information content (AvgIpc) is 3.26. The Balaban J connectivity index is 1.37. The standard InChI is InChI=1S/C21H25N3O2/c1-14-19-17(8-5-9-18(19)25)23-20(14)21(26)22-12-15-10-11-24(13-15)16-6-3-2-4-7-16/h2-4,6-7,15,23H,5,8-13H2,1H3,(H,22,26)/t15-/m0/s1. The number of carbonyl (C=O) groups excluding carboxylic acids is 2. The Bertz CT molecular complexity index is 825. The van der Waals surface area contributed by atoms with Crippen LogP contribution in [0.3, 0.4) is 0 Å². The quantitative estimate of drug-likeness (QED) is 0.890. The van der Waals surface area contributed by atoms with E-state index < -0.39 is 0 Å². The molecule has 1 aromatic carbocycles. The van der Waals surface area contributed by atoms with Crippen molar-refractivity contribution in [2.24, 2.45) is 5.92 Å². The van der Waals surface area contributed by atoms with Crippen molar-refractivity contribution in [3.8, 4) is 0 Å². The largest absolute Gasteiger partial charge is 0.371 e. The first-order valence-corrected chi connectivity index (χ1v) is 9.46. The number of aromatic nitrogens is 1. The molecule has 2 aliphatic rings. The van der Waals surface area contributed by atoms with Crippen molar-refractivity contribution >= 4 is 17.4 Å². The van der Waals surface area contributed by atoms with Crippen LogP contribution in [-0.4, -0.2) is 36.3 Å². The summed E-state index contributed by atoms with van der Waals surface area (Å²) >= 11 is 0. The fourth-order valence-corrected chi connectivity index (χ4v) is 4.20. The number of nitrogens with one attached hydrogen (secondary N) is 2. The van der Waals surface area contributed by atoms with Gasteiger partial charge in [-0.05, 0) is 49.8 Å². The zero-order valence-corrected chi connectivity index (χ0v) is 15.2. The molecule has 4 rings (SSSR count). The third-order valence-corrected chi connectivity index (χ3v) is 5.62. The summed E-state index contributed by atoms with van der Waals surface area (Å²) in [7, 11) is 0. The molecule has 1 fully saturated rings. The third-order valence-electron chi connectivity index (χ3n) is 5.62. The van der Waals surface area contributed by atoms with Gasteiger partial charge >= 0.3 is 0 Å². The van der Waals surface area contributed by atoms with Gasteiger partial charge in [0, 0.05) is 43.0 Å². The molecule has 2 heterocycles. The van der Waals surface area contributed by atoms with E-state index in [0.717, 1.165) is 49.2 Å². The maximum Gasteiger partial charge on any atom is 0.268 e. The van der Waals surface area contributed by atoms with Crippen molar-refractivity contribution in [3.63, 3.8) is 0 Å². The number of H-pyrrole nitrogens is 1. The zero-order chi connectivity index (χ0) is 18.1. The van der Waals surface area contributed by atoms with Gasteiger partial charge in [0.25, 0.3) is 5.91 Å². The molecule has 1 amide bonds. The van der Waals surface area contributed by atoms with Crippen LogP contribution in [0.15, 0.2) is 30.3 Å². The number of benzene rings is 1. The second-order valence-corrected chi connectivity index (χ2v) is 7.40. The summed E-state index contributed by atoms with van der Waals surface area (Å²) in [5.41, 5.74) is 4.29. The molecule has 2 N–H and O–H groups in total. The lowest BCUT2D eigenvalue weighted by Gasteiger charge is -2.18. The monoisotopic (exact) mass is 351 g/mol. The predicted octanol–water partition coefficient (Wildman–Crippen LogP) is 3.10. The SMILES string of the molecule is Cc1c(C(=O)NC[C@@H]2CCN(c3ccccc3)C2)[nH]c2c1C(=O)CCC2. The molecule has 26 heavy (non-hydrogen) atoms. The maximum atomic E-state index is 12.6. The van der Waals surface area contributed by atoms with Gasteiger partial charge in [-0.25, -0.2) is 0 Å². The van der Waals surface area contributed by atoms with Crippen LogP contribution in [0, 0.1) is 12.8 Å². The second kappa shape index (κ2) is 6.98. The minimum Gasteiger partial charge on any atom is -0.371 e. The van der Waals surface area contributed by atoms with Gasteiger partial charge in [0.05, 0.1) is 0 Å². The molecule has 0 radical (unpaired) electrons. The van der Waals surface area contributed by atoms with Crippen LogP contribution in [0.5, 0.6) is 0 Å². The number of hydrogen-bond donors (Lipinski definition) is 2. The summed E-state index contributed by atoms with van der Waals surface area (Å²) in [4.78, 5) is 30.3. The molecular formula is C21H25N3O2. The Morgan fingerprint density at radius 1 is 1.27 bits per heavy atom. The van der Waals surface area contributed by atoms with Crippen LogP contribution in [0.4, 0.5) is 5.69 Å². The van der Waals surface area contributed by atoms with E-state index in [1.165, 1.54) is 5.69 Å². The first-order chi connectivity index (χ1) is 12.6. The van der Waals surface area contributed by atoms with Crippen LogP contribution in [0.1, 0.15) is 51.4 Å². The number of carbonyl (C=O) groups is 2. The van der Waals surface area contributed by atoms with E-state index >= 15 is 0 Å². The van der Waals surface area contributed by atoms with Gasteiger partial charge < -0.3 is 15.2 Å². The predicted molar refractivity (Wildman–Crippen MR) is 102 cm³/mol. The van der Waals surface area contributed by atoms with Gasteiger partial charge in [-0.3, -0.25) is 9.59 Å². The first-order valence-electron chi connectivity index (χ1n) is 9.46. The van der Waals surface area contributed by atoms with E-state index in [2.05, 4.69) is 39.5 Å². The number of fused-ring (bicyclic) bond motifs is 1. The second-order valence-electron chi connectivity index (χ2n) is 7.40. The van der Waals surface area contributed by atoms with Gasteiger partial charge in [-0.1, -0.05) is 18.2 Å². The van der Waals surface area contributed by atoms with Crippen LogP contribution in [0.2, 0.25) is 0 Å². The topological polar surface area (TPSA) is 65.2 Å². The number of anilines is 1. The number of Topliss-reactive ketones (excluding diaryl/α,β-unsaturated/α-hetero) is 1. The Hall–Kier alpha value is -2.56. The number of para-hydroxylation sites is 1. The summed E-state index contributed by atoms with van der Waals surface area (Å²) < 4.78 is 0. The number of ketones is 1. The average molecular weight is 351 g/mol. The molecule has 5 nitrogen and oxygen atoms in total. The summed E-state index contributed by atoms with van der Waals surface area (Å²) in [5, 5.41) is 3.07. The minimum atomic E-state index is -0.0946. The fourth-order valence-electron chi connectivity index (χ4n) is 4.20. The van der Waals surface area contributed by atoms with Crippen molar-refractivity contribution in [2.75, 3.05) is 24.5 Å².